The predicted molar refractivity (Wildman–Crippen MR) is 106 cm³/mol. The number of carbonyl (C=O) groups is 1. The van der Waals surface area contributed by atoms with Crippen LogP contribution in [-0.4, -0.2) is 52.2 Å². The van der Waals surface area contributed by atoms with Crippen molar-refractivity contribution >= 4 is 5.78 Å². The lowest BCUT2D eigenvalue weighted by Crippen LogP contribution is -2.71. The molecule has 28 heavy (non-hydrogen) atoms. The van der Waals surface area contributed by atoms with Crippen molar-refractivity contribution in [1.29, 1.82) is 0 Å². The molecule has 0 radical (unpaired) electrons. The lowest BCUT2D eigenvalue weighted by atomic mass is 9.52. The Morgan fingerprint density at radius 1 is 1.32 bits per heavy atom. The van der Waals surface area contributed by atoms with Crippen molar-refractivity contribution in [3.8, 4) is 11.5 Å². The van der Waals surface area contributed by atoms with Crippen LogP contribution in [0.2, 0.25) is 0 Å². The molecule has 1 aliphatic heterocycles. The van der Waals surface area contributed by atoms with Crippen molar-refractivity contribution in [2.45, 2.75) is 68.6 Å². The van der Waals surface area contributed by atoms with E-state index >= 15 is 0 Å². The SMILES string of the molecule is CCCC12c3c4ccc(O)c3O[C@H]1C(=O)C=C[C@@]2(O)C(N(C)CC1CCC1)C4. The lowest BCUT2D eigenvalue weighted by Gasteiger charge is -2.56. The van der Waals surface area contributed by atoms with Gasteiger partial charge in [-0.2, -0.15) is 0 Å². The first-order chi connectivity index (χ1) is 13.4. The summed E-state index contributed by atoms with van der Waals surface area (Å²) < 4.78 is 6.08. The molecule has 0 aromatic heterocycles. The molecule has 0 bridgehead atoms. The zero-order chi connectivity index (χ0) is 19.7. The second-order valence-corrected chi connectivity index (χ2v) is 9.18. The van der Waals surface area contributed by atoms with E-state index in [1.54, 1.807) is 12.1 Å². The van der Waals surface area contributed by atoms with Crippen LogP contribution < -0.4 is 4.74 Å². The fourth-order valence-corrected chi connectivity index (χ4v) is 6.22. The van der Waals surface area contributed by atoms with E-state index in [1.165, 1.54) is 25.3 Å². The largest absolute Gasteiger partial charge is 0.504 e. The lowest BCUT2D eigenvalue weighted by molar-refractivity contribution is -0.141. The molecule has 5 nitrogen and oxygen atoms in total. The Bertz CT molecular complexity index is 860. The molecule has 5 heteroatoms. The molecule has 0 saturated heterocycles. The number of nitrogens with zero attached hydrogens (tertiary/aromatic N) is 1. The summed E-state index contributed by atoms with van der Waals surface area (Å²) in [4.78, 5) is 15.1. The summed E-state index contributed by atoms with van der Waals surface area (Å²) >= 11 is 0. The highest BCUT2D eigenvalue weighted by Gasteiger charge is 2.69. The van der Waals surface area contributed by atoms with Crippen molar-refractivity contribution in [1.82, 2.24) is 4.90 Å². The average Bonchev–Trinajstić information content (AvgIpc) is 3.00. The van der Waals surface area contributed by atoms with Crippen LogP contribution in [0.1, 0.15) is 50.2 Å². The van der Waals surface area contributed by atoms with Gasteiger partial charge in [0, 0.05) is 18.2 Å². The van der Waals surface area contributed by atoms with Crippen molar-refractivity contribution in [2.24, 2.45) is 5.92 Å². The monoisotopic (exact) mass is 383 g/mol. The number of aromatic hydroxyl groups is 1. The molecule has 0 spiro atoms. The minimum Gasteiger partial charge on any atom is -0.504 e. The number of hydrogen-bond acceptors (Lipinski definition) is 5. The summed E-state index contributed by atoms with van der Waals surface area (Å²) in [6.45, 7) is 3.03. The fourth-order valence-electron chi connectivity index (χ4n) is 6.22. The van der Waals surface area contributed by atoms with Crippen LogP contribution in [0, 0.1) is 5.92 Å². The summed E-state index contributed by atoms with van der Waals surface area (Å²) in [6.07, 6.45) is 8.40. The number of likely N-dealkylation sites (N-methyl/N-ethyl adjacent to an activating group) is 1. The van der Waals surface area contributed by atoms with Crippen LogP contribution in [0.3, 0.4) is 0 Å². The van der Waals surface area contributed by atoms with Crippen LogP contribution in [-0.2, 0) is 16.6 Å². The number of ether oxygens (including phenoxy) is 1. The quantitative estimate of drug-likeness (QED) is 0.818. The molecule has 5 rings (SSSR count). The molecule has 2 unspecified atom stereocenters. The summed E-state index contributed by atoms with van der Waals surface area (Å²) in [5.41, 5.74) is -0.102. The molecule has 1 heterocycles. The van der Waals surface area contributed by atoms with Crippen LogP contribution >= 0.6 is 0 Å². The topological polar surface area (TPSA) is 70.0 Å². The van der Waals surface area contributed by atoms with E-state index in [-0.39, 0.29) is 17.6 Å². The zero-order valence-electron chi connectivity index (χ0n) is 16.6. The van der Waals surface area contributed by atoms with Gasteiger partial charge >= 0.3 is 0 Å². The highest BCUT2D eigenvalue weighted by Crippen LogP contribution is 2.62. The number of phenols is 1. The van der Waals surface area contributed by atoms with E-state index in [9.17, 15) is 15.0 Å². The Hall–Kier alpha value is -1.85. The van der Waals surface area contributed by atoms with Crippen molar-refractivity contribution in [3.05, 3.63) is 35.4 Å². The van der Waals surface area contributed by atoms with Crippen LogP contribution in [0.15, 0.2) is 24.3 Å². The van der Waals surface area contributed by atoms with Gasteiger partial charge in [-0.3, -0.25) is 9.69 Å². The minimum absolute atomic E-state index is 0.0556. The van der Waals surface area contributed by atoms with Gasteiger partial charge in [0.05, 0.1) is 5.41 Å². The Morgan fingerprint density at radius 3 is 2.79 bits per heavy atom. The molecule has 3 aliphatic carbocycles. The van der Waals surface area contributed by atoms with Gasteiger partial charge in [-0.05, 0) is 62.4 Å². The standard InChI is InChI=1S/C23H29NO4/c1-3-10-22-19-15-7-8-16(25)20(19)28-21(22)17(26)9-11-23(22,27)18(12-15)24(2)13-14-5-4-6-14/h7-9,11,14,18,21,25,27H,3-6,10,12-13H2,1-2H3/t18?,21-,22?,23+/m0/s1. The molecule has 2 N–H and O–H groups in total. The molecule has 4 aliphatic rings. The number of benzene rings is 1. The predicted octanol–water partition coefficient (Wildman–Crippen LogP) is 2.72. The van der Waals surface area contributed by atoms with E-state index in [0.717, 1.165) is 24.1 Å². The molecular formula is C23H29NO4. The maximum atomic E-state index is 12.9. The van der Waals surface area contributed by atoms with E-state index in [0.29, 0.717) is 24.5 Å². The number of rotatable bonds is 5. The number of phenolic OH excluding ortho intramolecular Hbond substituents is 1. The highest BCUT2D eigenvalue weighted by molar-refractivity contribution is 5.98. The van der Waals surface area contributed by atoms with Gasteiger partial charge in [0.15, 0.2) is 23.4 Å². The van der Waals surface area contributed by atoms with Gasteiger partial charge in [-0.15, -0.1) is 0 Å². The Kier molecular flexibility index (Phi) is 3.95. The molecule has 150 valence electrons. The molecular weight excluding hydrogens is 354 g/mol. The van der Waals surface area contributed by atoms with Gasteiger partial charge in [-0.25, -0.2) is 0 Å². The maximum absolute atomic E-state index is 12.9. The third-order valence-corrected chi connectivity index (χ3v) is 7.70. The van der Waals surface area contributed by atoms with E-state index in [1.807, 2.05) is 6.07 Å². The van der Waals surface area contributed by atoms with Crippen LogP contribution in [0.25, 0.3) is 0 Å². The third-order valence-electron chi connectivity index (χ3n) is 7.70. The summed E-state index contributed by atoms with van der Waals surface area (Å²) in [5.74, 6) is 1.02. The summed E-state index contributed by atoms with van der Waals surface area (Å²) in [6, 6.07) is 3.48. The Morgan fingerprint density at radius 2 is 2.11 bits per heavy atom. The third kappa shape index (κ3) is 2.12. The fraction of sp³-hybridized carbons (Fsp3) is 0.609. The van der Waals surface area contributed by atoms with Gasteiger partial charge in [-0.1, -0.05) is 25.8 Å². The first-order valence-electron chi connectivity index (χ1n) is 10.6. The van der Waals surface area contributed by atoms with E-state index < -0.39 is 17.1 Å². The molecule has 1 aromatic carbocycles. The highest BCUT2D eigenvalue weighted by atomic mass is 16.5. The minimum atomic E-state index is -1.20. The first kappa shape index (κ1) is 18.2. The van der Waals surface area contributed by atoms with Gasteiger partial charge in [0.2, 0.25) is 0 Å². The van der Waals surface area contributed by atoms with Crippen molar-refractivity contribution in [2.75, 3.05) is 13.6 Å². The number of carbonyl (C=O) groups excluding carboxylic acids is 1. The van der Waals surface area contributed by atoms with E-state index in [4.69, 9.17) is 4.74 Å². The van der Waals surface area contributed by atoms with Crippen LogP contribution in [0.5, 0.6) is 11.5 Å². The average molecular weight is 383 g/mol. The van der Waals surface area contributed by atoms with Gasteiger partial charge in [0.1, 0.15) is 5.60 Å². The summed E-state index contributed by atoms with van der Waals surface area (Å²) in [5, 5.41) is 22.7. The Balaban J connectivity index is 1.70. The smallest absolute Gasteiger partial charge is 0.196 e. The first-order valence-corrected chi connectivity index (χ1v) is 10.6. The second-order valence-electron chi connectivity index (χ2n) is 9.18. The number of ketones is 1. The number of hydrogen-bond donors (Lipinski definition) is 2. The second kappa shape index (κ2) is 6.07. The van der Waals surface area contributed by atoms with Gasteiger partial charge < -0.3 is 14.9 Å². The Labute approximate surface area is 166 Å². The summed E-state index contributed by atoms with van der Waals surface area (Å²) in [7, 11) is 2.10. The maximum Gasteiger partial charge on any atom is 0.196 e. The molecule has 0 amide bonds. The number of aliphatic hydroxyl groups is 1. The molecule has 1 aromatic rings. The molecule has 1 saturated carbocycles. The van der Waals surface area contributed by atoms with Gasteiger partial charge in [0.25, 0.3) is 0 Å². The molecule has 1 fully saturated rings. The zero-order valence-corrected chi connectivity index (χ0v) is 16.6. The van der Waals surface area contributed by atoms with Crippen LogP contribution in [0.4, 0.5) is 0 Å². The van der Waals surface area contributed by atoms with E-state index in [2.05, 4.69) is 18.9 Å². The van der Waals surface area contributed by atoms with Crippen molar-refractivity contribution in [3.63, 3.8) is 0 Å². The molecule has 4 atom stereocenters. The van der Waals surface area contributed by atoms with Crippen molar-refractivity contribution < 1.29 is 19.7 Å². The normalized spacial score (nSPS) is 35.6.